The molecule has 0 radical (unpaired) electrons. The molecule has 2 aromatic carbocycles. The first kappa shape index (κ1) is 13.2. The molecule has 1 N–H and O–H groups in total. The van der Waals surface area contributed by atoms with Crippen LogP contribution >= 0.6 is 11.8 Å². The Kier molecular flexibility index (Phi) is 4.10. The molecule has 0 heterocycles. The molecule has 0 saturated carbocycles. The molecule has 0 aromatic heterocycles. The van der Waals surface area contributed by atoms with Crippen molar-refractivity contribution in [3.63, 3.8) is 0 Å². The Labute approximate surface area is 113 Å². The lowest BCUT2D eigenvalue weighted by Crippen LogP contribution is -2.24. The van der Waals surface area contributed by atoms with Crippen molar-refractivity contribution >= 4 is 11.8 Å². The summed E-state index contributed by atoms with van der Waals surface area (Å²) in [5, 5.41) is 10.5. The van der Waals surface area contributed by atoms with Gasteiger partial charge >= 0.3 is 0 Å². The standard InChI is InChI=1S/C16H18OS/c1-13-7-6-10-15(11-13)18-12-16(2,17)14-8-4-3-5-9-14/h3-11,17H,12H2,1-2H3. The van der Waals surface area contributed by atoms with Crippen LogP contribution in [-0.2, 0) is 5.60 Å². The topological polar surface area (TPSA) is 20.2 Å². The van der Waals surface area contributed by atoms with Crippen molar-refractivity contribution in [2.24, 2.45) is 0 Å². The molecule has 0 bridgehead atoms. The normalized spacial score (nSPS) is 14.2. The molecule has 0 aliphatic rings. The highest BCUT2D eigenvalue weighted by molar-refractivity contribution is 7.99. The van der Waals surface area contributed by atoms with Crippen molar-refractivity contribution in [1.29, 1.82) is 0 Å². The number of aliphatic hydroxyl groups is 1. The van der Waals surface area contributed by atoms with Crippen molar-refractivity contribution in [2.45, 2.75) is 24.3 Å². The zero-order valence-corrected chi connectivity index (χ0v) is 11.6. The van der Waals surface area contributed by atoms with E-state index in [1.165, 1.54) is 10.5 Å². The van der Waals surface area contributed by atoms with Crippen LogP contribution in [0.2, 0.25) is 0 Å². The molecule has 0 aliphatic carbocycles. The van der Waals surface area contributed by atoms with E-state index in [1.807, 2.05) is 37.3 Å². The summed E-state index contributed by atoms with van der Waals surface area (Å²) in [6, 6.07) is 18.2. The van der Waals surface area contributed by atoms with Crippen molar-refractivity contribution < 1.29 is 5.11 Å². The van der Waals surface area contributed by atoms with E-state index in [9.17, 15) is 5.11 Å². The summed E-state index contributed by atoms with van der Waals surface area (Å²) in [5.74, 6) is 0.653. The maximum atomic E-state index is 10.5. The van der Waals surface area contributed by atoms with E-state index in [-0.39, 0.29) is 0 Å². The molecule has 0 spiro atoms. The predicted octanol–water partition coefficient (Wildman–Crippen LogP) is 3.99. The first-order valence-corrected chi connectivity index (χ1v) is 7.04. The molecule has 1 nitrogen and oxygen atoms in total. The van der Waals surface area contributed by atoms with E-state index >= 15 is 0 Å². The Bertz CT molecular complexity index is 506. The SMILES string of the molecule is Cc1cccc(SCC(C)(O)c2ccccc2)c1. The summed E-state index contributed by atoms with van der Waals surface area (Å²) in [4.78, 5) is 1.20. The van der Waals surface area contributed by atoms with E-state index in [0.717, 1.165) is 5.56 Å². The van der Waals surface area contributed by atoms with Gasteiger partial charge in [0, 0.05) is 10.6 Å². The largest absolute Gasteiger partial charge is 0.385 e. The van der Waals surface area contributed by atoms with Crippen LogP contribution in [0, 0.1) is 6.92 Å². The second-order valence-corrected chi connectivity index (χ2v) is 5.79. The van der Waals surface area contributed by atoms with Crippen molar-refractivity contribution in [3.8, 4) is 0 Å². The van der Waals surface area contributed by atoms with Crippen LogP contribution in [0.1, 0.15) is 18.1 Å². The maximum Gasteiger partial charge on any atom is 0.0962 e. The highest BCUT2D eigenvalue weighted by Crippen LogP contribution is 2.29. The van der Waals surface area contributed by atoms with Gasteiger partial charge in [0.15, 0.2) is 0 Å². The van der Waals surface area contributed by atoms with E-state index in [1.54, 1.807) is 11.8 Å². The van der Waals surface area contributed by atoms with Crippen LogP contribution in [0.4, 0.5) is 0 Å². The Balaban J connectivity index is 2.05. The second kappa shape index (κ2) is 5.59. The van der Waals surface area contributed by atoms with Gasteiger partial charge in [-0.1, -0.05) is 48.0 Å². The van der Waals surface area contributed by atoms with Gasteiger partial charge in [0.2, 0.25) is 0 Å². The molecule has 2 heteroatoms. The average Bonchev–Trinajstić information content (AvgIpc) is 2.38. The van der Waals surface area contributed by atoms with E-state index in [4.69, 9.17) is 0 Å². The van der Waals surface area contributed by atoms with Crippen molar-refractivity contribution in [3.05, 3.63) is 65.7 Å². The first-order chi connectivity index (χ1) is 8.58. The smallest absolute Gasteiger partial charge is 0.0962 e. The fraction of sp³-hybridized carbons (Fsp3) is 0.250. The second-order valence-electron chi connectivity index (χ2n) is 4.75. The first-order valence-electron chi connectivity index (χ1n) is 6.05. The van der Waals surface area contributed by atoms with Gasteiger partial charge in [-0.25, -0.2) is 0 Å². The third-order valence-corrected chi connectivity index (χ3v) is 4.20. The number of aryl methyl sites for hydroxylation is 1. The molecule has 0 saturated heterocycles. The number of hydrogen-bond donors (Lipinski definition) is 1. The molecule has 18 heavy (non-hydrogen) atoms. The molecule has 2 aromatic rings. The minimum absolute atomic E-state index is 0.653. The summed E-state index contributed by atoms with van der Waals surface area (Å²) in [7, 11) is 0. The van der Waals surface area contributed by atoms with Crippen LogP contribution < -0.4 is 0 Å². The number of hydrogen-bond acceptors (Lipinski definition) is 2. The van der Waals surface area contributed by atoms with Crippen molar-refractivity contribution in [2.75, 3.05) is 5.75 Å². The Hall–Kier alpha value is -1.25. The van der Waals surface area contributed by atoms with Gasteiger partial charge in [-0.15, -0.1) is 11.8 Å². The van der Waals surface area contributed by atoms with E-state index in [0.29, 0.717) is 5.75 Å². The summed E-state index contributed by atoms with van der Waals surface area (Å²) in [6.45, 7) is 3.95. The van der Waals surface area contributed by atoms with Crippen LogP contribution in [0.25, 0.3) is 0 Å². The minimum atomic E-state index is -0.796. The molecular weight excluding hydrogens is 240 g/mol. The third-order valence-electron chi connectivity index (χ3n) is 2.91. The molecule has 0 fully saturated rings. The minimum Gasteiger partial charge on any atom is -0.385 e. The fourth-order valence-electron chi connectivity index (χ4n) is 1.81. The predicted molar refractivity (Wildman–Crippen MR) is 77.9 cm³/mol. The lowest BCUT2D eigenvalue weighted by molar-refractivity contribution is 0.0839. The van der Waals surface area contributed by atoms with Gasteiger partial charge in [-0.3, -0.25) is 0 Å². The summed E-state index contributed by atoms with van der Waals surface area (Å²) < 4.78 is 0. The number of thioether (sulfide) groups is 1. The third kappa shape index (κ3) is 3.37. The molecule has 2 rings (SSSR count). The molecule has 94 valence electrons. The Morgan fingerprint density at radius 3 is 2.44 bits per heavy atom. The van der Waals surface area contributed by atoms with E-state index < -0.39 is 5.60 Å². The monoisotopic (exact) mass is 258 g/mol. The quantitative estimate of drug-likeness (QED) is 0.837. The number of benzene rings is 2. The van der Waals surface area contributed by atoms with Crippen LogP contribution in [0.5, 0.6) is 0 Å². The van der Waals surface area contributed by atoms with Gasteiger partial charge in [0.05, 0.1) is 5.60 Å². The highest BCUT2D eigenvalue weighted by Gasteiger charge is 2.22. The molecular formula is C16H18OS. The molecule has 0 aliphatic heterocycles. The lowest BCUT2D eigenvalue weighted by Gasteiger charge is -2.23. The van der Waals surface area contributed by atoms with Crippen molar-refractivity contribution in [1.82, 2.24) is 0 Å². The lowest BCUT2D eigenvalue weighted by atomic mass is 9.99. The molecule has 0 amide bonds. The van der Waals surface area contributed by atoms with Gasteiger partial charge in [0.25, 0.3) is 0 Å². The van der Waals surface area contributed by atoms with Crippen LogP contribution in [0.15, 0.2) is 59.5 Å². The van der Waals surface area contributed by atoms with E-state index in [2.05, 4.69) is 31.2 Å². The number of rotatable bonds is 4. The van der Waals surface area contributed by atoms with Gasteiger partial charge in [-0.2, -0.15) is 0 Å². The summed E-state index contributed by atoms with van der Waals surface area (Å²) in [6.07, 6.45) is 0. The maximum absolute atomic E-state index is 10.5. The average molecular weight is 258 g/mol. The zero-order valence-electron chi connectivity index (χ0n) is 10.8. The molecule has 1 atom stereocenters. The Morgan fingerprint density at radius 2 is 1.78 bits per heavy atom. The summed E-state index contributed by atoms with van der Waals surface area (Å²) >= 11 is 1.69. The molecule has 1 unspecified atom stereocenters. The highest BCUT2D eigenvalue weighted by atomic mass is 32.2. The van der Waals surface area contributed by atoms with Gasteiger partial charge < -0.3 is 5.11 Å². The van der Waals surface area contributed by atoms with Gasteiger partial charge in [-0.05, 0) is 31.5 Å². The van der Waals surface area contributed by atoms with Crippen LogP contribution in [0.3, 0.4) is 0 Å². The fourth-order valence-corrected chi connectivity index (χ4v) is 2.87. The summed E-state index contributed by atoms with van der Waals surface area (Å²) in [5.41, 5.74) is 1.42. The zero-order chi connectivity index (χ0) is 13.0. The van der Waals surface area contributed by atoms with Crippen LogP contribution in [-0.4, -0.2) is 10.9 Å². The Morgan fingerprint density at radius 1 is 1.06 bits per heavy atom. The van der Waals surface area contributed by atoms with Gasteiger partial charge in [0.1, 0.15) is 0 Å².